The zero-order chi connectivity index (χ0) is 15.7. The van der Waals surface area contributed by atoms with Crippen LogP contribution < -0.4 is 0 Å². The topological polar surface area (TPSA) is 63.7 Å². The number of hydrogen-bond acceptors (Lipinski definition) is 4. The van der Waals surface area contributed by atoms with Gasteiger partial charge >= 0.3 is 5.97 Å². The SMILES string of the molecule is CCOC(=O)[C@@H]1[C@H](C)C(=O)C(C)=CN1S(=O)C(C)(C)C. The van der Waals surface area contributed by atoms with Gasteiger partial charge in [0.15, 0.2) is 5.78 Å². The quantitative estimate of drug-likeness (QED) is 0.746. The van der Waals surface area contributed by atoms with Gasteiger partial charge in [0.05, 0.1) is 17.3 Å². The van der Waals surface area contributed by atoms with Crippen LogP contribution in [0.1, 0.15) is 41.5 Å². The van der Waals surface area contributed by atoms with Crippen molar-refractivity contribution in [2.75, 3.05) is 6.61 Å². The maximum atomic E-state index is 12.6. The van der Waals surface area contributed by atoms with Crippen LogP contribution in [0.4, 0.5) is 0 Å². The normalized spacial score (nSPS) is 25.2. The molecule has 1 rings (SSSR count). The molecule has 1 heterocycles. The van der Waals surface area contributed by atoms with Crippen molar-refractivity contribution in [1.82, 2.24) is 4.31 Å². The second-order valence-corrected chi connectivity index (χ2v) is 8.03. The lowest BCUT2D eigenvalue weighted by Crippen LogP contribution is -2.52. The minimum Gasteiger partial charge on any atom is -0.464 e. The minimum atomic E-state index is -1.43. The number of carbonyl (C=O) groups is 2. The first-order valence-corrected chi connectivity index (χ1v) is 7.81. The third-order valence-electron chi connectivity index (χ3n) is 3.11. The first-order chi connectivity index (χ1) is 9.11. The van der Waals surface area contributed by atoms with Gasteiger partial charge in [-0.15, -0.1) is 0 Å². The van der Waals surface area contributed by atoms with E-state index in [1.54, 1.807) is 20.8 Å². The van der Waals surface area contributed by atoms with Gasteiger partial charge < -0.3 is 4.74 Å². The first-order valence-electron chi connectivity index (χ1n) is 6.70. The second kappa shape index (κ2) is 6.08. The average Bonchev–Trinajstić information content (AvgIpc) is 2.33. The van der Waals surface area contributed by atoms with E-state index in [1.165, 1.54) is 10.5 Å². The number of hydrogen-bond donors (Lipinski definition) is 0. The van der Waals surface area contributed by atoms with Gasteiger partial charge in [0, 0.05) is 11.8 Å². The fourth-order valence-electron chi connectivity index (χ4n) is 2.06. The number of ether oxygens (including phenoxy) is 1. The van der Waals surface area contributed by atoms with Crippen LogP contribution in [0.5, 0.6) is 0 Å². The standard InChI is InChI=1S/C14H23NO4S/c1-7-19-13(17)11-10(3)12(16)9(2)8-15(11)20(18)14(4,5)6/h8,10-11H,7H2,1-6H3/t10-,11-,20?/m0/s1. The molecule has 0 bridgehead atoms. The van der Waals surface area contributed by atoms with Crippen molar-refractivity contribution in [3.8, 4) is 0 Å². The molecule has 0 fully saturated rings. The Kier molecular flexibility index (Phi) is 5.13. The molecule has 0 aromatic heterocycles. The molecular formula is C14H23NO4S. The summed E-state index contributed by atoms with van der Waals surface area (Å²) in [5.41, 5.74) is 0.510. The monoisotopic (exact) mass is 301 g/mol. The van der Waals surface area contributed by atoms with E-state index in [0.717, 1.165) is 0 Å². The second-order valence-electron chi connectivity index (χ2n) is 5.88. The van der Waals surface area contributed by atoms with E-state index >= 15 is 0 Å². The highest BCUT2D eigenvalue weighted by Crippen LogP contribution is 2.29. The summed E-state index contributed by atoms with van der Waals surface area (Å²) in [4.78, 5) is 24.2. The van der Waals surface area contributed by atoms with Crippen molar-refractivity contribution in [2.24, 2.45) is 5.92 Å². The molecule has 0 amide bonds. The molecule has 5 nitrogen and oxygen atoms in total. The number of esters is 1. The molecule has 1 aliphatic rings. The number of carbonyl (C=O) groups excluding carboxylic acids is 2. The molecule has 1 aliphatic heterocycles. The van der Waals surface area contributed by atoms with E-state index in [4.69, 9.17) is 4.74 Å². The lowest BCUT2D eigenvalue weighted by molar-refractivity contribution is -0.150. The third-order valence-corrected chi connectivity index (χ3v) is 4.88. The van der Waals surface area contributed by atoms with Gasteiger partial charge in [-0.2, -0.15) is 0 Å². The molecule has 3 atom stereocenters. The van der Waals surface area contributed by atoms with Crippen LogP contribution in [0.25, 0.3) is 0 Å². The lowest BCUT2D eigenvalue weighted by atomic mass is 9.90. The van der Waals surface area contributed by atoms with Crippen LogP contribution >= 0.6 is 0 Å². The van der Waals surface area contributed by atoms with Gasteiger partial charge in [-0.1, -0.05) is 6.92 Å². The Bertz CT molecular complexity index is 464. The molecule has 0 saturated heterocycles. The summed E-state index contributed by atoms with van der Waals surface area (Å²) in [6.45, 7) is 10.8. The molecule has 0 N–H and O–H groups in total. The number of Topliss-reactive ketones (excluding diaryl/α,β-unsaturated/α-hetero) is 1. The number of rotatable bonds is 3. The van der Waals surface area contributed by atoms with E-state index < -0.39 is 33.7 Å². The summed E-state index contributed by atoms with van der Waals surface area (Å²) in [6.07, 6.45) is 1.52. The number of allylic oxidation sites excluding steroid dienone is 1. The molecule has 0 spiro atoms. The molecule has 0 aromatic carbocycles. The van der Waals surface area contributed by atoms with Gasteiger partial charge in [-0.25, -0.2) is 9.00 Å². The fraction of sp³-hybridized carbons (Fsp3) is 0.714. The summed E-state index contributed by atoms with van der Waals surface area (Å²) in [7, 11) is -1.43. The van der Waals surface area contributed by atoms with E-state index in [1.807, 2.05) is 20.8 Å². The van der Waals surface area contributed by atoms with Gasteiger partial charge in [-0.05, 0) is 34.6 Å². The first kappa shape index (κ1) is 16.9. The number of nitrogens with zero attached hydrogens (tertiary/aromatic N) is 1. The Balaban J connectivity index is 3.24. The Morgan fingerprint density at radius 2 is 2.00 bits per heavy atom. The lowest BCUT2D eigenvalue weighted by Gasteiger charge is -2.38. The van der Waals surface area contributed by atoms with Crippen LogP contribution in [0.2, 0.25) is 0 Å². The van der Waals surface area contributed by atoms with Gasteiger partial charge in [-0.3, -0.25) is 9.10 Å². The predicted molar refractivity (Wildman–Crippen MR) is 78.1 cm³/mol. The van der Waals surface area contributed by atoms with Crippen LogP contribution in [0.3, 0.4) is 0 Å². The zero-order valence-corrected chi connectivity index (χ0v) is 13.7. The fourth-order valence-corrected chi connectivity index (χ4v) is 3.42. The molecule has 0 radical (unpaired) electrons. The smallest absolute Gasteiger partial charge is 0.330 e. The van der Waals surface area contributed by atoms with Crippen molar-refractivity contribution in [1.29, 1.82) is 0 Å². The van der Waals surface area contributed by atoms with Crippen molar-refractivity contribution in [2.45, 2.75) is 52.3 Å². The highest BCUT2D eigenvalue weighted by Gasteiger charge is 2.43. The summed E-state index contributed by atoms with van der Waals surface area (Å²) < 4.78 is 18.6. The Morgan fingerprint density at radius 1 is 1.45 bits per heavy atom. The summed E-state index contributed by atoms with van der Waals surface area (Å²) in [6, 6.07) is -0.828. The maximum Gasteiger partial charge on any atom is 0.330 e. The molecule has 6 heteroatoms. The van der Waals surface area contributed by atoms with Crippen LogP contribution in [-0.4, -0.2) is 37.7 Å². The molecule has 20 heavy (non-hydrogen) atoms. The van der Waals surface area contributed by atoms with Crippen molar-refractivity contribution in [3.05, 3.63) is 11.8 Å². The molecule has 0 aliphatic carbocycles. The molecule has 0 aromatic rings. The zero-order valence-electron chi connectivity index (χ0n) is 12.9. The molecule has 0 saturated carbocycles. The highest BCUT2D eigenvalue weighted by molar-refractivity contribution is 7.84. The average molecular weight is 301 g/mol. The largest absolute Gasteiger partial charge is 0.464 e. The van der Waals surface area contributed by atoms with Gasteiger partial charge in [0.25, 0.3) is 0 Å². The van der Waals surface area contributed by atoms with E-state index in [2.05, 4.69) is 0 Å². The molecule has 114 valence electrons. The van der Waals surface area contributed by atoms with Crippen molar-refractivity contribution in [3.63, 3.8) is 0 Å². The van der Waals surface area contributed by atoms with Gasteiger partial charge in [0.1, 0.15) is 17.0 Å². The van der Waals surface area contributed by atoms with Crippen molar-refractivity contribution < 1.29 is 18.5 Å². The highest BCUT2D eigenvalue weighted by atomic mass is 32.2. The van der Waals surface area contributed by atoms with Gasteiger partial charge in [0.2, 0.25) is 0 Å². The number of ketones is 1. The van der Waals surface area contributed by atoms with E-state index in [0.29, 0.717) is 5.57 Å². The van der Waals surface area contributed by atoms with Crippen LogP contribution in [0.15, 0.2) is 11.8 Å². The Labute approximate surface area is 122 Å². The Morgan fingerprint density at radius 3 is 2.45 bits per heavy atom. The van der Waals surface area contributed by atoms with E-state index in [-0.39, 0.29) is 12.4 Å². The van der Waals surface area contributed by atoms with Crippen LogP contribution in [0, 0.1) is 5.92 Å². The van der Waals surface area contributed by atoms with Crippen molar-refractivity contribution >= 4 is 22.7 Å². The molecular weight excluding hydrogens is 278 g/mol. The Hall–Kier alpha value is -1.17. The summed E-state index contributed by atoms with van der Waals surface area (Å²) in [5.74, 6) is -1.18. The predicted octanol–water partition coefficient (Wildman–Crippen LogP) is 1.80. The summed E-state index contributed by atoms with van der Waals surface area (Å²) in [5, 5.41) is 0. The maximum absolute atomic E-state index is 12.6. The molecule has 1 unspecified atom stereocenters. The third kappa shape index (κ3) is 3.29. The summed E-state index contributed by atoms with van der Waals surface area (Å²) >= 11 is 0. The van der Waals surface area contributed by atoms with E-state index in [9.17, 15) is 13.8 Å². The van der Waals surface area contributed by atoms with Crippen LogP contribution in [-0.2, 0) is 25.3 Å². The minimum absolute atomic E-state index is 0.106.